The van der Waals surface area contributed by atoms with Crippen LogP contribution in [0.25, 0.3) is 0 Å². The lowest BCUT2D eigenvalue weighted by atomic mass is 10.2. The summed E-state index contributed by atoms with van der Waals surface area (Å²) in [4.78, 5) is 23.8. The fourth-order valence-corrected chi connectivity index (χ4v) is 2.17. The van der Waals surface area contributed by atoms with E-state index in [0.29, 0.717) is 5.56 Å². The van der Waals surface area contributed by atoms with Crippen LogP contribution in [0.5, 0.6) is 0 Å². The summed E-state index contributed by atoms with van der Waals surface area (Å²) in [6, 6.07) is 7.18. The zero-order valence-electron chi connectivity index (χ0n) is 9.42. The lowest BCUT2D eigenvalue weighted by molar-refractivity contribution is -0.683. The van der Waals surface area contributed by atoms with E-state index in [4.69, 9.17) is 0 Å². The molecule has 3 nitrogen and oxygen atoms in total. The Balaban J connectivity index is 2.16. The third-order valence-corrected chi connectivity index (χ3v) is 3.30. The van der Waals surface area contributed by atoms with Gasteiger partial charge in [0.15, 0.2) is 18.2 Å². The molecule has 2 heterocycles. The van der Waals surface area contributed by atoms with Crippen LogP contribution < -0.4 is 4.57 Å². The Morgan fingerprint density at radius 1 is 1.29 bits per heavy atom. The van der Waals surface area contributed by atoms with Gasteiger partial charge in [0, 0.05) is 6.07 Å². The van der Waals surface area contributed by atoms with Crippen LogP contribution in [0, 0.1) is 0 Å². The van der Waals surface area contributed by atoms with Crippen LogP contribution in [0.3, 0.4) is 0 Å². The maximum atomic E-state index is 11.9. The molecule has 2 rings (SSSR count). The lowest BCUT2D eigenvalue weighted by Gasteiger charge is -1.97. The number of pyridine rings is 1. The van der Waals surface area contributed by atoms with Crippen molar-refractivity contribution in [2.24, 2.45) is 0 Å². The number of hydrogen-bond donors (Lipinski definition) is 0. The molecule has 0 saturated heterocycles. The Bertz CT molecular complexity index is 546. The molecule has 0 bridgehead atoms. The molecular weight excluding hydrogens is 234 g/mol. The van der Waals surface area contributed by atoms with Crippen LogP contribution in [0.4, 0.5) is 0 Å². The van der Waals surface area contributed by atoms with Gasteiger partial charge in [0.2, 0.25) is 12.3 Å². The van der Waals surface area contributed by atoms with Crippen LogP contribution in [0.1, 0.15) is 27.0 Å². The third kappa shape index (κ3) is 2.85. The molecule has 0 aliphatic carbocycles. The number of carbonyl (C=O) groups excluding carboxylic acids is 2. The van der Waals surface area contributed by atoms with Gasteiger partial charge >= 0.3 is 0 Å². The summed E-state index contributed by atoms with van der Waals surface area (Å²) in [5.41, 5.74) is 0.617. The molecule has 0 aromatic carbocycles. The average Bonchev–Trinajstić information content (AvgIpc) is 2.82. The van der Waals surface area contributed by atoms with Crippen LogP contribution in [0.2, 0.25) is 0 Å². The first-order valence-electron chi connectivity index (χ1n) is 5.23. The van der Waals surface area contributed by atoms with Gasteiger partial charge in [-0.1, -0.05) is 6.07 Å². The largest absolute Gasteiger partial charge is 0.294 e. The Morgan fingerprint density at radius 3 is 2.76 bits per heavy atom. The first kappa shape index (κ1) is 11.7. The average molecular weight is 246 g/mol. The summed E-state index contributed by atoms with van der Waals surface area (Å²) in [5, 5.41) is 1.88. The van der Waals surface area contributed by atoms with E-state index in [9.17, 15) is 9.59 Å². The minimum Gasteiger partial charge on any atom is -0.294 e. The number of Topliss-reactive ketones (excluding diaryl/α,β-unsaturated/α-hetero) is 2. The van der Waals surface area contributed by atoms with Crippen LogP contribution in [0.15, 0.2) is 42.0 Å². The van der Waals surface area contributed by atoms with Crippen molar-refractivity contribution in [3.05, 3.63) is 52.5 Å². The fourth-order valence-electron chi connectivity index (χ4n) is 1.51. The Morgan fingerprint density at radius 2 is 2.12 bits per heavy atom. The molecule has 0 amide bonds. The van der Waals surface area contributed by atoms with Gasteiger partial charge in [0.05, 0.1) is 10.4 Å². The first-order chi connectivity index (χ1) is 8.16. The van der Waals surface area contributed by atoms with Gasteiger partial charge in [-0.2, -0.15) is 4.57 Å². The van der Waals surface area contributed by atoms with E-state index in [1.807, 2.05) is 17.5 Å². The summed E-state index contributed by atoms with van der Waals surface area (Å²) in [5.74, 6) is 0.0635. The maximum Gasteiger partial charge on any atom is 0.237 e. The lowest BCUT2D eigenvalue weighted by Crippen LogP contribution is -2.37. The second kappa shape index (κ2) is 5.01. The minimum atomic E-state index is 0.00271. The van der Waals surface area contributed by atoms with Crippen molar-refractivity contribution in [2.75, 3.05) is 0 Å². The zero-order chi connectivity index (χ0) is 12.3. The summed E-state index contributed by atoms with van der Waals surface area (Å²) < 4.78 is 1.73. The number of carbonyl (C=O) groups is 2. The van der Waals surface area contributed by atoms with Crippen molar-refractivity contribution in [1.29, 1.82) is 0 Å². The van der Waals surface area contributed by atoms with Crippen LogP contribution >= 0.6 is 11.3 Å². The predicted octanol–water partition coefficient (Wildman–Crippen LogP) is 2.12. The number of thiophene rings is 1. The van der Waals surface area contributed by atoms with Crippen molar-refractivity contribution >= 4 is 22.9 Å². The van der Waals surface area contributed by atoms with Crippen molar-refractivity contribution < 1.29 is 14.2 Å². The highest BCUT2D eigenvalue weighted by atomic mass is 32.1. The molecular formula is C13H12NO2S+. The quantitative estimate of drug-likeness (QED) is 0.612. The van der Waals surface area contributed by atoms with E-state index in [1.54, 1.807) is 29.1 Å². The van der Waals surface area contributed by atoms with E-state index in [2.05, 4.69) is 0 Å². The molecule has 2 aromatic heterocycles. The molecule has 2 aromatic rings. The number of rotatable bonds is 4. The second-order valence-corrected chi connectivity index (χ2v) is 4.67. The highest BCUT2D eigenvalue weighted by Gasteiger charge is 2.14. The molecule has 0 unspecified atom stereocenters. The molecule has 0 atom stereocenters. The number of hydrogen-bond acceptors (Lipinski definition) is 3. The molecule has 86 valence electrons. The van der Waals surface area contributed by atoms with Crippen LogP contribution in [-0.4, -0.2) is 11.6 Å². The molecule has 0 aliphatic rings. The molecule has 0 fully saturated rings. The van der Waals surface area contributed by atoms with Gasteiger partial charge in [0.25, 0.3) is 0 Å². The van der Waals surface area contributed by atoms with E-state index >= 15 is 0 Å². The molecule has 0 radical (unpaired) electrons. The highest BCUT2D eigenvalue weighted by Crippen LogP contribution is 2.09. The van der Waals surface area contributed by atoms with E-state index in [0.717, 1.165) is 4.88 Å². The molecule has 0 N–H and O–H groups in total. The molecule has 0 aliphatic heterocycles. The third-order valence-electron chi connectivity index (χ3n) is 2.39. The SMILES string of the molecule is CC(=O)c1ccc[n+](CC(=O)c2cccs2)c1. The van der Waals surface area contributed by atoms with Crippen molar-refractivity contribution in [3.8, 4) is 0 Å². The zero-order valence-corrected chi connectivity index (χ0v) is 10.2. The minimum absolute atomic E-state index is 0.00271. The Kier molecular flexibility index (Phi) is 3.44. The number of nitrogens with zero attached hydrogens (tertiary/aromatic N) is 1. The molecule has 17 heavy (non-hydrogen) atoms. The van der Waals surface area contributed by atoms with Gasteiger partial charge < -0.3 is 0 Å². The second-order valence-electron chi connectivity index (χ2n) is 3.72. The van der Waals surface area contributed by atoms with Crippen molar-refractivity contribution in [2.45, 2.75) is 13.5 Å². The van der Waals surface area contributed by atoms with Crippen LogP contribution in [-0.2, 0) is 6.54 Å². The van der Waals surface area contributed by atoms with Crippen molar-refractivity contribution in [1.82, 2.24) is 0 Å². The van der Waals surface area contributed by atoms with Gasteiger partial charge in [-0.15, -0.1) is 11.3 Å². The van der Waals surface area contributed by atoms with E-state index in [-0.39, 0.29) is 18.1 Å². The smallest absolute Gasteiger partial charge is 0.237 e. The molecule has 0 spiro atoms. The summed E-state index contributed by atoms with van der Waals surface area (Å²) in [6.07, 6.45) is 3.49. The van der Waals surface area contributed by atoms with Gasteiger partial charge in [-0.3, -0.25) is 9.59 Å². The van der Waals surface area contributed by atoms with E-state index in [1.165, 1.54) is 18.3 Å². The predicted molar refractivity (Wildman–Crippen MR) is 65.3 cm³/mol. The molecule has 0 saturated carbocycles. The normalized spacial score (nSPS) is 10.2. The van der Waals surface area contributed by atoms with Gasteiger partial charge in [-0.05, 0) is 24.4 Å². The topological polar surface area (TPSA) is 38.0 Å². The number of aromatic nitrogens is 1. The Hall–Kier alpha value is -1.81. The fraction of sp³-hybridized carbons (Fsp3) is 0.154. The highest BCUT2D eigenvalue weighted by molar-refractivity contribution is 7.12. The standard InChI is InChI=1S/C13H12NO2S/c1-10(15)11-4-2-6-14(8-11)9-12(16)13-5-3-7-17-13/h2-8H,9H2,1H3/q+1. The van der Waals surface area contributed by atoms with E-state index < -0.39 is 0 Å². The van der Waals surface area contributed by atoms with Crippen molar-refractivity contribution in [3.63, 3.8) is 0 Å². The van der Waals surface area contributed by atoms with Gasteiger partial charge in [0.1, 0.15) is 0 Å². The monoisotopic (exact) mass is 246 g/mol. The summed E-state index contributed by atoms with van der Waals surface area (Å²) in [6.45, 7) is 1.78. The van der Waals surface area contributed by atoms with Gasteiger partial charge in [-0.25, -0.2) is 0 Å². The number of ketones is 2. The first-order valence-corrected chi connectivity index (χ1v) is 6.11. The molecule has 4 heteroatoms. The summed E-state index contributed by atoms with van der Waals surface area (Å²) in [7, 11) is 0. The Labute approximate surface area is 103 Å². The maximum absolute atomic E-state index is 11.9. The summed E-state index contributed by atoms with van der Waals surface area (Å²) >= 11 is 1.43.